The average Bonchev–Trinajstić information content (AvgIpc) is 3.32. The monoisotopic (exact) mass is 414 g/mol. The summed E-state index contributed by atoms with van der Waals surface area (Å²) in [5.74, 6) is 0. The van der Waals surface area contributed by atoms with Gasteiger partial charge >= 0.3 is 12.2 Å². The van der Waals surface area contributed by atoms with Crippen LogP contribution in [0.1, 0.15) is 0 Å². The highest BCUT2D eigenvalue weighted by Crippen LogP contribution is 2.26. The number of urea groups is 1. The molecule has 0 fully saturated rings. The summed E-state index contributed by atoms with van der Waals surface area (Å²) in [7, 11) is 1.90. The third-order valence-corrected chi connectivity index (χ3v) is 4.38. The smallest absolute Gasteiger partial charge is 0.340 e. The molecule has 2 N–H and O–H groups in total. The molecule has 0 unspecified atom stereocenters. The number of aromatic nitrogens is 4. The molecule has 154 valence electrons. The molecule has 2 amide bonds. The molecule has 0 aliphatic rings. The van der Waals surface area contributed by atoms with E-state index in [1.807, 2.05) is 46.6 Å². The summed E-state index contributed by atoms with van der Waals surface area (Å²) in [5.41, 5.74) is 4.37. The third-order valence-electron chi connectivity index (χ3n) is 4.38. The van der Waals surface area contributed by atoms with E-state index in [2.05, 4.69) is 15.3 Å². The second-order valence-electron chi connectivity index (χ2n) is 6.72. The molecule has 3 aromatic heterocycles. The number of amides is 2. The molecule has 0 spiro atoms. The number of hydrogen-bond acceptors (Lipinski definition) is 3. The highest BCUT2D eigenvalue weighted by atomic mass is 19.4. The predicted molar refractivity (Wildman–Crippen MR) is 106 cm³/mol. The van der Waals surface area contributed by atoms with Gasteiger partial charge in [-0.25, -0.2) is 14.8 Å². The first kappa shape index (κ1) is 19.5. The number of benzene rings is 1. The van der Waals surface area contributed by atoms with Gasteiger partial charge in [-0.2, -0.15) is 13.2 Å². The number of fused-ring (bicyclic) bond motifs is 1. The van der Waals surface area contributed by atoms with Gasteiger partial charge in [-0.05, 0) is 24.3 Å². The molecule has 30 heavy (non-hydrogen) atoms. The first-order valence-corrected chi connectivity index (χ1v) is 8.96. The fourth-order valence-corrected chi connectivity index (χ4v) is 3.03. The van der Waals surface area contributed by atoms with Gasteiger partial charge < -0.3 is 15.2 Å². The summed E-state index contributed by atoms with van der Waals surface area (Å²) < 4.78 is 40.4. The number of imidazole rings is 2. The zero-order valence-electron chi connectivity index (χ0n) is 15.8. The largest absolute Gasteiger partial charge is 0.405 e. The van der Waals surface area contributed by atoms with Gasteiger partial charge in [0.15, 0.2) is 0 Å². The Morgan fingerprint density at radius 2 is 1.97 bits per heavy atom. The van der Waals surface area contributed by atoms with Crippen LogP contribution in [-0.2, 0) is 7.05 Å². The number of carbonyl (C=O) groups is 1. The minimum Gasteiger partial charge on any atom is -0.340 e. The van der Waals surface area contributed by atoms with Gasteiger partial charge in [-0.3, -0.25) is 4.40 Å². The molecule has 0 bridgehead atoms. The SMILES string of the molecule is Cn1cnc(-c2ccn3c(-c4cccc(NC(=O)NCC(F)(F)F)c4)cnc3c2)c1. The first-order chi connectivity index (χ1) is 14.3. The molecule has 0 atom stereocenters. The number of anilines is 1. The van der Waals surface area contributed by atoms with E-state index < -0.39 is 18.8 Å². The second-order valence-corrected chi connectivity index (χ2v) is 6.72. The van der Waals surface area contributed by atoms with Crippen LogP contribution < -0.4 is 10.6 Å². The van der Waals surface area contributed by atoms with Crippen LogP contribution in [0.15, 0.2) is 61.3 Å². The summed E-state index contributed by atoms with van der Waals surface area (Å²) in [5, 5.41) is 4.19. The number of carbonyl (C=O) groups excluding carboxylic acids is 1. The van der Waals surface area contributed by atoms with E-state index in [9.17, 15) is 18.0 Å². The van der Waals surface area contributed by atoms with Gasteiger partial charge in [0.1, 0.15) is 12.2 Å². The van der Waals surface area contributed by atoms with Gasteiger partial charge in [0, 0.05) is 36.3 Å². The van der Waals surface area contributed by atoms with Crippen LogP contribution >= 0.6 is 0 Å². The van der Waals surface area contributed by atoms with Crippen molar-refractivity contribution < 1.29 is 18.0 Å². The third kappa shape index (κ3) is 4.27. The van der Waals surface area contributed by atoms with E-state index in [1.54, 1.807) is 36.0 Å². The van der Waals surface area contributed by atoms with Crippen molar-refractivity contribution in [3.8, 4) is 22.5 Å². The normalized spacial score (nSPS) is 11.6. The zero-order valence-corrected chi connectivity index (χ0v) is 15.8. The Balaban J connectivity index is 1.57. The van der Waals surface area contributed by atoms with Crippen LogP contribution in [0.5, 0.6) is 0 Å². The van der Waals surface area contributed by atoms with Crippen molar-refractivity contribution in [3.63, 3.8) is 0 Å². The van der Waals surface area contributed by atoms with Crippen molar-refractivity contribution in [2.45, 2.75) is 6.18 Å². The lowest BCUT2D eigenvalue weighted by Crippen LogP contribution is -2.36. The van der Waals surface area contributed by atoms with Crippen LogP contribution in [0, 0.1) is 0 Å². The minimum atomic E-state index is -4.47. The van der Waals surface area contributed by atoms with Crippen molar-refractivity contribution in [3.05, 3.63) is 61.3 Å². The minimum absolute atomic E-state index is 0.368. The maximum absolute atomic E-state index is 12.2. The summed E-state index contributed by atoms with van der Waals surface area (Å²) in [6, 6.07) is 9.71. The fraction of sp³-hybridized carbons (Fsp3) is 0.150. The molecule has 0 aliphatic heterocycles. The van der Waals surface area contributed by atoms with Crippen LogP contribution in [-0.4, -0.2) is 37.7 Å². The zero-order chi connectivity index (χ0) is 21.3. The fourth-order valence-electron chi connectivity index (χ4n) is 3.03. The van der Waals surface area contributed by atoms with Crippen LogP contribution in [0.4, 0.5) is 23.7 Å². The topological polar surface area (TPSA) is 76.2 Å². The maximum Gasteiger partial charge on any atom is 0.405 e. The molecular weight excluding hydrogens is 397 g/mol. The molecule has 0 aliphatic carbocycles. The Morgan fingerprint density at radius 3 is 2.70 bits per heavy atom. The summed E-state index contributed by atoms with van der Waals surface area (Å²) in [6.07, 6.45) is 2.73. The van der Waals surface area contributed by atoms with E-state index in [0.717, 1.165) is 28.2 Å². The molecule has 10 heteroatoms. The number of aryl methyl sites for hydroxylation is 1. The lowest BCUT2D eigenvalue weighted by Gasteiger charge is -2.11. The number of hydrogen-bond donors (Lipinski definition) is 2. The Hall–Kier alpha value is -3.82. The maximum atomic E-state index is 12.2. The molecule has 0 radical (unpaired) electrons. The van der Waals surface area contributed by atoms with Crippen molar-refractivity contribution in [1.29, 1.82) is 0 Å². The van der Waals surface area contributed by atoms with E-state index in [4.69, 9.17) is 0 Å². The summed E-state index contributed by atoms with van der Waals surface area (Å²) >= 11 is 0. The van der Waals surface area contributed by atoms with Gasteiger partial charge in [0.05, 0.1) is 23.9 Å². The number of nitrogens with one attached hydrogen (secondary N) is 2. The number of rotatable bonds is 4. The molecule has 1 aromatic carbocycles. The van der Waals surface area contributed by atoms with Crippen molar-refractivity contribution >= 4 is 17.4 Å². The predicted octanol–water partition coefficient (Wildman–Crippen LogP) is 4.09. The van der Waals surface area contributed by atoms with Gasteiger partial charge in [0.25, 0.3) is 0 Å². The molecule has 0 saturated carbocycles. The quantitative estimate of drug-likeness (QED) is 0.528. The van der Waals surface area contributed by atoms with Crippen molar-refractivity contribution in [1.82, 2.24) is 24.3 Å². The standard InChI is InChI=1S/C20H17F3N6O/c1-28-10-16(26-12-28)13-5-6-29-17(9-24-18(29)8-13)14-3-2-4-15(7-14)27-19(30)25-11-20(21,22)23/h2-10,12H,11H2,1H3,(H2,25,27,30). The van der Waals surface area contributed by atoms with Crippen LogP contribution in [0.2, 0.25) is 0 Å². The molecule has 4 aromatic rings. The number of nitrogens with zero attached hydrogens (tertiary/aromatic N) is 4. The number of alkyl halides is 3. The van der Waals surface area contributed by atoms with E-state index in [0.29, 0.717) is 5.69 Å². The lowest BCUT2D eigenvalue weighted by atomic mass is 10.1. The number of halogens is 3. The summed E-state index contributed by atoms with van der Waals surface area (Å²) in [4.78, 5) is 20.5. The van der Waals surface area contributed by atoms with E-state index >= 15 is 0 Å². The Bertz CT molecular complexity index is 1210. The van der Waals surface area contributed by atoms with Gasteiger partial charge in [-0.15, -0.1) is 0 Å². The van der Waals surface area contributed by atoms with Crippen LogP contribution in [0.3, 0.4) is 0 Å². The Kier molecular flexibility index (Phi) is 4.90. The van der Waals surface area contributed by atoms with Gasteiger partial charge in [-0.1, -0.05) is 12.1 Å². The molecule has 3 heterocycles. The molecule has 4 rings (SSSR count). The second kappa shape index (κ2) is 7.54. The Morgan fingerprint density at radius 1 is 1.13 bits per heavy atom. The van der Waals surface area contributed by atoms with Crippen molar-refractivity contribution in [2.24, 2.45) is 7.05 Å². The van der Waals surface area contributed by atoms with E-state index in [1.165, 1.54) is 0 Å². The Labute approximate surface area is 169 Å². The number of pyridine rings is 1. The van der Waals surface area contributed by atoms with Crippen LogP contribution in [0.25, 0.3) is 28.2 Å². The van der Waals surface area contributed by atoms with Gasteiger partial charge in [0.2, 0.25) is 0 Å². The highest BCUT2D eigenvalue weighted by molar-refractivity contribution is 5.90. The highest BCUT2D eigenvalue weighted by Gasteiger charge is 2.27. The lowest BCUT2D eigenvalue weighted by molar-refractivity contribution is -0.122. The molecule has 7 nitrogen and oxygen atoms in total. The van der Waals surface area contributed by atoms with E-state index in [-0.39, 0.29) is 0 Å². The average molecular weight is 414 g/mol. The first-order valence-electron chi connectivity index (χ1n) is 8.96. The molecular formula is C20H17F3N6O. The van der Waals surface area contributed by atoms with Crippen molar-refractivity contribution in [2.75, 3.05) is 11.9 Å². The molecule has 0 saturated heterocycles. The summed E-state index contributed by atoms with van der Waals surface area (Å²) in [6.45, 7) is -1.40.